The Labute approximate surface area is 67.4 Å². The zero-order chi connectivity index (χ0) is 9.23. The standard InChI is InChI=1S/C6H14N2O2Si/c1-5(9)8(6(7)10)11(2,3)4/h1-4H3,(H2,7,10). The lowest BCUT2D eigenvalue weighted by atomic mass is 10.7. The number of amides is 3. The van der Waals surface area contributed by atoms with Crippen LogP contribution in [0, 0.1) is 0 Å². The Morgan fingerprint density at radius 1 is 1.27 bits per heavy atom. The van der Waals surface area contributed by atoms with Crippen molar-refractivity contribution in [3.05, 3.63) is 0 Å². The molecule has 2 N–H and O–H groups in total. The van der Waals surface area contributed by atoms with Crippen molar-refractivity contribution in [2.75, 3.05) is 0 Å². The van der Waals surface area contributed by atoms with Crippen LogP contribution < -0.4 is 5.73 Å². The largest absolute Gasteiger partial charge is 0.352 e. The number of nitrogens with zero attached hydrogens (tertiary/aromatic N) is 1. The molecule has 0 aromatic heterocycles. The number of nitrogens with two attached hydrogens (primary N) is 1. The molecule has 0 saturated heterocycles. The van der Waals surface area contributed by atoms with Gasteiger partial charge in [0.2, 0.25) is 5.91 Å². The molecule has 5 heteroatoms. The summed E-state index contributed by atoms with van der Waals surface area (Å²) in [7, 11) is -1.90. The molecule has 0 aromatic carbocycles. The molecule has 0 rings (SSSR count). The molecule has 0 bridgehead atoms. The summed E-state index contributed by atoms with van der Waals surface area (Å²) in [5, 5.41) is 0. The lowest BCUT2D eigenvalue weighted by Crippen LogP contribution is -2.54. The predicted octanol–water partition coefficient (Wildman–Crippen LogP) is 0.748. The maximum absolute atomic E-state index is 10.9. The normalized spacial score (nSPS) is 10.9. The molecule has 3 amide bonds. The van der Waals surface area contributed by atoms with Gasteiger partial charge in [-0.2, -0.15) is 0 Å². The summed E-state index contributed by atoms with van der Waals surface area (Å²) in [6.45, 7) is 7.01. The summed E-state index contributed by atoms with van der Waals surface area (Å²) >= 11 is 0. The summed E-state index contributed by atoms with van der Waals surface area (Å²) in [6, 6.07) is -0.642. The minimum atomic E-state index is -1.90. The van der Waals surface area contributed by atoms with Crippen LogP contribution in [0.2, 0.25) is 19.6 Å². The fraction of sp³-hybridized carbons (Fsp3) is 0.667. The smallest absolute Gasteiger partial charge is 0.313 e. The molecule has 0 heterocycles. The van der Waals surface area contributed by atoms with Crippen molar-refractivity contribution in [1.82, 2.24) is 4.57 Å². The SMILES string of the molecule is CC(=O)N(C(N)=O)[Si](C)(C)C. The molecule has 0 radical (unpaired) electrons. The van der Waals surface area contributed by atoms with E-state index < -0.39 is 14.3 Å². The zero-order valence-electron chi connectivity index (χ0n) is 7.34. The second-order valence-corrected chi connectivity index (χ2v) is 8.15. The molecule has 0 aromatic rings. The van der Waals surface area contributed by atoms with Crippen LogP contribution in [0.25, 0.3) is 0 Å². The van der Waals surface area contributed by atoms with E-state index in [1.165, 1.54) is 6.92 Å². The number of hydrogen-bond donors (Lipinski definition) is 1. The third-order valence-corrected chi connectivity index (χ3v) is 3.08. The molecule has 0 spiro atoms. The molecule has 0 fully saturated rings. The van der Waals surface area contributed by atoms with Crippen molar-refractivity contribution in [1.29, 1.82) is 0 Å². The number of urea groups is 1. The molecule has 64 valence electrons. The molecule has 0 aliphatic carbocycles. The number of rotatable bonds is 1. The first-order valence-electron chi connectivity index (χ1n) is 3.37. The van der Waals surface area contributed by atoms with Gasteiger partial charge in [0, 0.05) is 6.92 Å². The predicted molar refractivity (Wildman–Crippen MR) is 45.4 cm³/mol. The molecule has 0 unspecified atom stereocenters. The van der Waals surface area contributed by atoms with Crippen LogP contribution in [0.4, 0.5) is 4.79 Å². The van der Waals surface area contributed by atoms with Gasteiger partial charge in [0.05, 0.1) is 0 Å². The van der Waals surface area contributed by atoms with Gasteiger partial charge in [-0.1, -0.05) is 19.6 Å². The summed E-state index contributed by atoms with van der Waals surface area (Å²) in [5.41, 5.74) is 5.02. The lowest BCUT2D eigenvalue weighted by molar-refractivity contribution is -0.122. The average molecular weight is 174 g/mol. The Morgan fingerprint density at radius 3 is 1.64 bits per heavy atom. The van der Waals surface area contributed by atoms with Gasteiger partial charge in [-0.05, 0) is 0 Å². The van der Waals surface area contributed by atoms with Crippen molar-refractivity contribution < 1.29 is 9.59 Å². The summed E-state index contributed by atoms with van der Waals surface area (Å²) in [4.78, 5) is 21.6. The molecule has 0 aliphatic heterocycles. The zero-order valence-corrected chi connectivity index (χ0v) is 8.34. The monoisotopic (exact) mass is 174 g/mol. The van der Waals surface area contributed by atoms with Crippen molar-refractivity contribution >= 4 is 20.2 Å². The van der Waals surface area contributed by atoms with Crippen LogP contribution in [0.3, 0.4) is 0 Å². The number of carbonyl (C=O) groups excluding carboxylic acids is 2. The van der Waals surface area contributed by atoms with E-state index in [0.29, 0.717) is 0 Å². The van der Waals surface area contributed by atoms with Crippen LogP contribution in [0.15, 0.2) is 0 Å². The van der Waals surface area contributed by atoms with Gasteiger partial charge in [-0.25, -0.2) is 4.79 Å². The highest BCUT2D eigenvalue weighted by atomic mass is 28.3. The van der Waals surface area contributed by atoms with Gasteiger partial charge in [0.15, 0.2) is 8.24 Å². The van der Waals surface area contributed by atoms with E-state index in [1.54, 1.807) is 0 Å². The van der Waals surface area contributed by atoms with Gasteiger partial charge in [-0.15, -0.1) is 0 Å². The highest BCUT2D eigenvalue weighted by Gasteiger charge is 2.30. The van der Waals surface area contributed by atoms with Gasteiger partial charge in [0.25, 0.3) is 0 Å². The molecule has 4 nitrogen and oxygen atoms in total. The van der Waals surface area contributed by atoms with Crippen LogP contribution in [-0.4, -0.2) is 24.7 Å². The van der Waals surface area contributed by atoms with Gasteiger partial charge in [-0.3, -0.25) is 9.36 Å². The van der Waals surface area contributed by atoms with Crippen molar-refractivity contribution in [3.63, 3.8) is 0 Å². The van der Waals surface area contributed by atoms with E-state index in [2.05, 4.69) is 0 Å². The Morgan fingerprint density at radius 2 is 1.64 bits per heavy atom. The average Bonchev–Trinajstić information content (AvgIpc) is 1.54. The fourth-order valence-corrected chi connectivity index (χ4v) is 2.56. The maximum Gasteiger partial charge on any atom is 0.313 e. The van der Waals surface area contributed by atoms with Crippen molar-refractivity contribution in [2.24, 2.45) is 5.73 Å². The van der Waals surface area contributed by atoms with Crippen molar-refractivity contribution in [3.8, 4) is 0 Å². The van der Waals surface area contributed by atoms with Crippen LogP contribution in [0.1, 0.15) is 6.92 Å². The molecular weight excluding hydrogens is 160 g/mol. The minimum absolute atomic E-state index is 0.267. The molecule has 0 saturated carbocycles. The second-order valence-electron chi connectivity index (χ2n) is 3.36. The first kappa shape index (κ1) is 10.2. The summed E-state index contributed by atoms with van der Waals surface area (Å²) in [5.74, 6) is -0.267. The van der Waals surface area contributed by atoms with Gasteiger partial charge in [0.1, 0.15) is 0 Å². The van der Waals surface area contributed by atoms with Crippen LogP contribution in [-0.2, 0) is 4.79 Å². The Balaban J connectivity index is 4.63. The van der Waals surface area contributed by atoms with Crippen LogP contribution >= 0.6 is 0 Å². The Hall–Kier alpha value is -0.843. The maximum atomic E-state index is 10.9. The number of hydrogen-bond acceptors (Lipinski definition) is 2. The molecule has 11 heavy (non-hydrogen) atoms. The van der Waals surface area contributed by atoms with E-state index in [9.17, 15) is 9.59 Å². The van der Waals surface area contributed by atoms with Crippen molar-refractivity contribution in [2.45, 2.75) is 26.6 Å². The van der Waals surface area contributed by atoms with E-state index >= 15 is 0 Å². The van der Waals surface area contributed by atoms with Gasteiger partial charge >= 0.3 is 6.03 Å². The molecule has 0 aliphatic rings. The summed E-state index contributed by atoms with van der Waals surface area (Å²) in [6.07, 6.45) is 0. The number of primary amides is 1. The highest BCUT2D eigenvalue weighted by Crippen LogP contribution is 2.08. The Kier molecular flexibility index (Phi) is 2.81. The van der Waals surface area contributed by atoms with E-state index in [-0.39, 0.29) is 5.91 Å². The highest BCUT2D eigenvalue weighted by molar-refractivity contribution is 6.77. The number of imide groups is 1. The van der Waals surface area contributed by atoms with E-state index in [1.807, 2.05) is 19.6 Å². The minimum Gasteiger partial charge on any atom is -0.352 e. The Bertz CT molecular complexity index is 172. The topological polar surface area (TPSA) is 63.4 Å². The molecule has 0 atom stereocenters. The summed E-state index contributed by atoms with van der Waals surface area (Å²) < 4.78 is 1.16. The molecular formula is C6H14N2O2Si. The van der Waals surface area contributed by atoms with E-state index in [4.69, 9.17) is 5.73 Å². The second kappa shape index (κ2) is 3.04. The van der Waals surface area contributed by atoms with E-state index in [0.717, 1.165) is 4.57 Å². The fourth-order valence-electron chi connectivity index (χ4n) is 0.958. The third kappa shape index (κ3) is 2.71. The first-order valence-corrected chi connectivity index (χ1v) is 6.81. The third-order valence-electron chi connectivity index (χ3n) is 1.21. The first-order chi connectivity index (χ1) is 4.76. The van der Waals surface area contributed by atoms with Crippen LogP contribution in [0.5, 0.6) is 0 Å². The number of carbonyl (C=O) groups is 2. The lowest BCUT2D eigenvalue weighted by Gasteiger charge is -2.29. The van der Waals surface area contributed by atoms with Gasteiger partial charge < -0.3 is 5.73 Å². The quantitative estimate of drug-likeness (QED) is 0.596.